The van der Waals surface area contributed by atoms with Gasteiger partial charge in [-0.3, -0.25) is 10.2 Å². The maximum atomic E-state index is 11.4. The van der Waals surface area contributed by atoms with Crippen molar-refractivity contribution in [1.82, 2.24) is 5.43 Å². The first-order chi connectivity index (χ1) is 9.54. The van der Waals surface area contributed by atoms with Crippen LogP contribution in [0.3, 0.4) is 0 Å². The van der Waals surface area contributed by atoms with Crippen LogP contribution in [-0.2, 0) is 16.1 Å². The van der Waals surface area contributed by atoms with Crippen LogP contribution in [0.25, 0.3) is 0 Å². The quantitative estimate of drug-likeness (QED) is 0.332. The molecule has 1 aromatic carbocycles. The number of rotatable bonds is 8. The van der Waals surface area contributed by atoms with Gasteiger partial charge in [0, 0.05) is 6.61 Å². The molecule has 0 aliphatic rings. The molecule has 1 aromatic rings. The lowest BCUT2D eigenvalue weighted by molar-refractivity contribution is -0.122. The number of nitrogens with one attached hydrogen (secondary N) is 1. The van der Waals surface area contributed by atoms with Gasteiger partial charge in [0.25, 0.3) is 0 Å². The minimum Gasteiger partial charge on any atom is -0.377 e. The zero-order chi connectivity index (χ0) is 15.0. The number of amides is 1. The molecular weight excluding hydrogens is 252 g/mol. The smallest absolute Gasteiger partial charge is 0.241 e. The topological polar surface area (TPSA) is 64.3 Å². The molecule has 0 aliphatic heterocycles. The van der Waals surface area contributed by atoms with E-state index >= 15 is 0 Å². The average Bonchev–Trinajstić information content (AvgIpc) is 2.45. The van der Waals surface area contributed by atoms with Crippen LogP contribution < -0.4 is 11.3 Å². The molecule has 0 radical (unpaired) electrons. The van der Waals surface area contributed by atoms with Crippen LogP contribution in [0.2, 0.25) is 0 Å². The average molecular weight is 278 g/mol. The normalized spacial score (nSPS) is 12.4. The van der Waals surface area contributed by atoms with E-state index in [1.165, 1.54) is 6.42 Å². The maximum Gasteiger partial charge on any atom is 0.241 e. The van der Waals surface area contributed by atoms with E-state index in [2.05, 4.69) is 19.3 Å². The van der Waals surface area contributed by atoms with Gasteiger partial charge in [-0.1, -0.05) is 38.1 Å². The van der Waals surface area contributed by atoms with Gasteiger partial charge in [0.2, 0.25) is 5.91 Å². The highest BCUT2D eigenvalue weighted by atomic mass is 16.5. The van der Waals surface area contributed by atoms with Gasteiger partial charge in [0.05, 0.1) is 12.5 Å². The predicted molar refractivity (Wildman–Crippen MR) is 80.9 cm³/mol. The molecule has 0 aromatic heterocycles. The van der Waals surface area contributed by atoms with E-state index < -0.39 is 0 Å². The van der Waals surface area contributed by atoms with Gasteiger partial charge in [0.1, 0.15) is 0 Å². The number of benzene rings is 1. The first-order valence-corrected chi connectivity index (χ1v) is 7.21. The van der Waals surface area contributed by atoms with Crippen LogP contribution in [0.5, 0.6) is 0 Å². The summed E-state index contributed by atoms with van der Waals surface area (Å²) in [5.41, 5.74) is 4.25. The Morgan fingerprint density at radius 1 is 1.25 bits per heavy atom. The molecule has 112 valence electrons. The minimum absolute atomic E-state index is 0.178. The number of hydrazine groups is 1. The number of hydrogen-bond donors (Lipinski definition) is 2. The van der Waals surface area contributed by atoms with E-state index in [1.54, 1.807) is 0 Å². The zero-order valence-corrected chi connectivity index (χ0v) is 12.7. The highest BCUT2D eigenvalue weighted by molar-refractivity contribution is 5.82. The van der Waals surface area contributed by atoms with E-state index in [1.807, 2.05) is 31.2 Å². The molecule has 1 rings (SSSR count). The Morgan fingerprint density at radius 2 is 1.90 bits per heavy atom. The van der Waals surface area contributed by atoms with E-state index in [9.17, 15) is 4.79 Å². The lowest BCUT2D eigenvalue weighted by Crippen LogP contribution is -2.33. The Hall–Kier alpha value is -1.39. The second kappa shape index (κ2) is 8.72. The SMILES string of the molecule is CC(C)CCCOCc1ccc(C(C)C(=O)NN)cc1. The summed E-state index contributed by atoms with van der Waals surface area (Å²) in [7, 11) is 0. The molecule has 3 N–H and O–H groups in total. The van der Waals surface area contributed by atoms with Crippen LogP contribution in [0, 0.1) is 5.92 Å². The Kier molecular flexibility index (Phi) is 7.26. The second-order valence-corrected chi connectivity index (χ2v) is 5.56. The first kappa shape index (κ1) is 16.7. The highest BCUT2D eigenvalue weighted by Gasteiger charge is 2.13. The molecule has 0 bridgehead atoms. The third-order valence-corrected chi connectivity index (χ3v) is 3.35. The van der Waals surface area contributed by atoms with Crippen molar-refractivity contribution >= 4 is 5.91 Å². The van der Waals surface area contributed by atoms with Gasteiger partial charge in [-0.05, 0) is 36.8 Å². The summed E-state index contributed by atoms with van der Waals surface area (Å²) in [5, 5.41) is 0. The van der Waals surface area contributed by atoms with Crippen molar-refractivity contribution in [3.8, 4) is 0 Å². The van der Waals surface area contributed by atoms with Crippen LogP contribution >= 0.6 is 0 Å². The molecule has 0 aliphatic carbocycles. The Labute approximate surface area is 121 Å². The van der Waals surface area contributed by atoms with Crippen molar-refractivity contribution < 1.29 is 9.53 Å². The molecule has 4 heteroatoms. The van der Waals surface area contributed by atoms with Gasteiger partial charge in [-0.2, -0.15) is 0 Å². The van der Waals surface area contributed by atoms with Gasteiger partial charge in [-0.25, -0.2) is 5.84 Å². The summed E-state index contributed by atoms with van der Waals surface area (Å²) in [4.78, 5) is 11.4. The standard InChI is InChI=1S/C16H26N2O2/c1-12(2)5-4-10-20-11-14-6-8-15(9-7-14)13(3)16(19)18-17/h6-9,12-13H,4-5,10-11,17H2,1-3H3,(H,18,19). The van der Waals surface area contributed by atoms with Crippen molar-refractivity contribution in [2.24, 2.45) is 11.8 Å². The summed E-state index contributed by atoms with van der Waals surface area (Å²) in [6, 6.07) is 7.90. The maximum absolute atomic E-state index is 11.4. The van der Waals surface area contributed by atoms with E-state index in [0.717, 1.165) is 30.1 Å². The van der Waals surface area contributed by atoms with Crippen LogP contribution in [0.15, 0.2) is 24.3 Å². The number of carbonyl (C=O) groups is 1. The van der Waals surface area contributed by atoms with E-state index in [4.69, 9.17) is 10.6 Å². The molecular formula is C16H26N2O2. The number of ether oxygens (including phenoxy) is 1. The molecule has 0 fully saturated rings. The van der Waals surface area contributed by atoms with Crippen molar-refractivity contribution in [1.29, 1.82) is 0 Å². The van der Waals surface area contributed by atoms with Crippen molar-refractivity contribution in [3.63, 3.8) is 0 Å². The summed E-state index contributed by atoms with van der Waals surface area (Å²) in [6.07, 6.45) is 2.30. The Bertz CT molecular complexity index is 401. The van der Waals surface area contributed by atoms with Crippen LogP contribution in [0.4, 0.5) is 0 Å². The van der Waals surface area contributed by atoms with Gasteiger partial charge >= 0.3 is 0 Å². The van der Waals surface area contributed by atoms with Crippen LogP contribution in [0.1, 0.15) is 50.7 Å². The Morgan fingerprint density at radius 3 is 2.45 bits per heavy atom. The zero-order valence-electron chi connectivity index (χ0n) is 12.7. The van der Waals surface area contributed by atoms with Gasteiger partial charge < -0.3 is 4.74 Å². The predicted octanol–water partition coefficient (Wildman–Crippen LogP) is 2.73. The van der Waals surface area contributed by atoms with E-state index in [0.29, 0.717) is 6.61 Å². The molecule has 20 heavy (non-hydrogen) atoms. The number of carbonyl (C=O) groups excluding carboxylic acids is 1. The molecule has 1 amide bonds. The fraction of sp³-hybridized carbons (Fsp3) is 0.562. The lowest BCUT2D eigenvalue weighted by atomic mass is 9.99. The highest BCUT2D eigenvalue weighted by Crippen LogP contribution is 2.16. The fourth-order valence-electron chi connectivity index (χ4n) is 1.96. The fourth-order valence-corrected chi connectivity index (χ4v) is 1.96. The molecule has 4 nitrogen and oxygen atoms in total. The molecule has 1 unspecified atom stereocenters. The van der Waals surface area contributed by atoms with Crippen LogP contribution in [-0.4, -0.2) is 12.5 Å². The monoisotopic (exact) mass is 278 g/mol. The molecule has 0 spiro atoms. The molecule has 0 saturated carbocycles. The lowest BCUT2D eigenvalue weighted by Gasteiger charge is -2.11. The Balaban J connectivity index is 2.37. The summed E-state index contributed by atoms with van der Waals surface area (Å²) in [5.74, 6) is 5.45. The third kappa shape index (κ3) is 5.72. The summed E-state index contributed by atoms with van der Waals surface area (Å²) < 4.78 is 5.64. The van der Waals surface area contributed by atoms with Gasteiger partial charge in [-0.15, -0.1) is 0 Å². The summed E-state index contributed by atoms with van der Waals surface area (Å²) >= 11 is 0. The molecule has 1 atom stereocenters. The number of hydrogen-bond acceptors (Lipinski definition) is 3. The van der Waals surface area contributed by atoms with Crippen molar-refractivity contribution in [3.05, 3.63) is 35.4 Å². The largest absolute Gasteiger partial charge is 0.377 e. The minimum atomic E-state index is -0.235. The van der Waals surface area contributed by atoms with Crippen molar-refractivity contribution in [2.45, 2.75) is 46.1 Å². The van der Waals surface area contributed by atoms with Crippen molar-refractivity contribution in [2.75, 3.05) is 6.61 Å². The first-order valence-electron chi connectivity index (χ1n) is 7.21. The second-order valence-electron chi connectivity index (χ2n) is 5.56. The molecule has 0 heterocycles. The van der Waals surface area contributed by atoms with Gasteiger partial charge in [0.15, 0.2) is 0 Å². The number of nitrogens with two attached hydrogens (primary N) is 1. The van der Waals surface area contributed by atoms with E-state index in [-0.39, 0.29) is 11.8 Å². The third-order valence-electron chi connectivity index (χ3n) is 3.35. The summed E-state index contributed by atoms with van der Waals surface area (Å²) in [6.45, 7) is 7.69. The molecule has 0 saturated heterocycles.